The molecule has 138 valence electrons. The number of nitrogens with zero attached hydrogens (tertiary/aromatic N) is 2. The number of rotatable bonds is 9. The monoisotopic (exact) mass is 358 g/mol. The number of nitriles is 1. The van der Waals surface area contributed by atoms with E-state index in [1.54, 1.807) is 0 Å². The summed E-state index contributed by atoms with van der Waals surface area (Å²) in [6, 6.07) is 2.70. The maximum absolute atomic E-state index is 8.81. The third-order valence-electron chi connectivity index (χ3n) is 4.68. The van der Waals surface area contributed by atoms with Crippen molar-refractivity contribution in [3.05, 3.63) is 0 Å². The molecule has 6 nitrogen and oxygen atoms in total. The molecule has 0 aromatic carbocycles. The molecule has 2 aliphatic rings. The van der Waals surface area contributed by atoms with E-state index in [1.165, 1.54) is 0 Å². The van der Waals surface area contributed by atoms with E-state index in [9.17, 15) is 0 Å². The second-order valence-electron chi connectivity index (χ2n) is 7.09. The van der Waals surface area contributed by atoms with Gasteiger partial charge in [-0.25, -0.2) is 4.67 Å². The Morgan fingerprint density at radius 2 is 2.00 bits per heavy atom. The molecule has 2 bridgehead atoms. The largest absolute Gasteiger partial charge is 0.370 e. The number of hydrogen-bond acceptors (Lipinski definition) is 6. The van der Waals surface area contributed by atoms with E-state index in [4.69, 9.17) is 23.8 Å². The van der Waals surface area contributed by atoms with Crippen LogP contribution in [0.2, 0.25) is 0 Å². The van der Waals surface area contributed by atoms with E-state index in [1.807, 2.05) is 6.92 Å². The van der Waals surface area contributed by atoms with E-state index < -0.39 is 8.53 Å². The van der Waals surface area contributed by atoms with Gasteiger partial charge in [-0.2, -0.15) is 5.26 Å². The van der Waals surface area contributed by atoms with Crippen molar-refractivity contribution in [2.24, 2.45) is 0 Å². The van der Waals surface area contributed by atoms with Crippen molar-refractivity contribution >= 4 is 8.53 Å². The highest BCUT2D eigenvalue weighted by Gasteiger charge is 2.61. The zero-order chi connectivity index (χ0) is 17.9. The Balaban J connectivity index is 2.17. The summed E-state index contributed by atoms with van der Waals surface area (Å²) >= 11 is 0. The highest BCUT2D eigenvalue weighted by atomic mass is 31.2. The summed E-state index contributed by atoms with van der Waals surface area (Å²) in [7, 11) is -1.27. The summed E-state index contributed by atoms with van der Waals surface area (Å²) < 4.78 is 26.9. The average Bonchev–Trinajstić information content (AvgIpc) is 2.98. The number of fused-ring (bicyclic) bond motifs is 2. The molecule has 0 spiro atoms. The second-order valence-corrected chi connectivity index (χ2v) is 8.50. The predicted molar refractivity (Wildman–Crippen MR) is 93.4 cm³/mol. The Kier molecular flexibility index (Phi) is 7.01. The van der Waals surface area contributed by atoms with E-state index >= 15 is 0 Å². The van der Waals surface area contributed by atoms with Crippen molar-refractivity contribution in [3.63, 3.8) is 0 Å². The topological polar surface area (TPSA) is 64.0 Å². The SMILES string of the molecule is CCC12CO[C@H](C(C)O1)[C@@H]2OP(OCCC#N)N(C(C)C)C(C)C. The smallest absolute Gasteiger partial charge is 0.259 e. The van der Waals surface area contributed by atoms with Gasteiger partial charge in [-0.1, -0.05) is 6.92 Å². The molecule has 0 N–H and O–H groups in total. The Labute approximate surface area is 147 Å². The maximum atomic E-state index is 8.81. The molecule has 2 heterocycles. The van der Waals surface area contributed by atoms with Crippen molar-refractivity contribution in [2.75, 3.05) is 13.2 Å². The Bertz CT molecular complexity index is 448. The fraction of sp³-hybridized carbons (Fsp3) is 0.941. The Morgan fingerprint density at radius 1 is 1.33 bits per heavy atom. The lowest BCUT2D eigenvalue weighted by Gasteiger charge is -2.38. The molecule has 7 heteroatoms. The van der Waals surface area contributed by atoms with E-state index in [0.717, 1.165) is 6.42 Å². The minimum atomic E-state index is -1.27. The fourth-order valence-corrected chi connectivity index (χ4v) is 5.37. The maximum Gasteiger partial charge on any atom is 0.259 e. The third kappa shape index (κ3) is 3.93. The van der Waals surface area contributed by atoms with Gasteiger partial charge in [0, 0.05) is 12.1 Å². The van der Waals surface area contributed by atoms with Gasteiger partial charge in [0.05, 0.1) is 31.8 Å². The van der Waals surface area contributed by atoms with Crippen LogP contribution in [0.4, 0.5) is 0 Å². The van der Waals surface area contributed by atoms with Crippen LogP contribution in [-0.4, -0.2) is 53.9 Å². The molecule has 0 aliphatic carbocycles. The molecule has 2 fully saturated rings. The normalized spacial score (nSPS) is 33.6. The molecule has 0 aromatic rings. The molecule has 0 radical (unpaired) electrons. The molecule has 0 saturated carbocycles. The summed E-state index contributed by atoms with van der Waals surface area (Å²) in [6.45, 7) is 13.7. The third-order valence-corrected chi connectivity index (χ3v) is 6.80. The van der Waals surface area contributed by atoms with Crippen molar-refractivity contribution in [3.8, 4) is 6.07 Å². The van der Waals surface area contributed by atoms with E-state index in [-0.39, 0.29) is 36.0 Å². The van der Waals surface area contributed by atoms with Crippen LogP contribution >= 0.6 is 8.53 Å². The minimum absolute atomic E-state index is 0.0335. The molecule has 2 rings (SSSR count). The molecular formula is C17H31N2O4P. The zero-order valence-electron chi connectivity index (χ0n) is 15.7. The van der Waals surface area contributed by atoms with Gasteiger partial charge < -0.3 is 18.5 Å². The van der Waals surface area contributed by atoms with Gasteiger partial charge in [0.15, 0.2) is 0 Å². The molecule has 2 saturated heterocycles. The minimum Gasteiger partial charge on any atom is -0.370 e. The van der Waals surface area contributed by atoms with Gasteiger partial charge in [-0.3, -0.25) is 0 Å². The Hall–Kier alpha value is -0.280. The number of ether oxygens (including phenoxy) is 2. The van der Waals surface area contributed by atoms with Crippen molar-refractivity contribution < 1.29 is 18.5 Å². The van der Waals surface area contributed by atoms with Gasteiger partial charge in [0.2, 0.25) is 0 Å². The first-order valence-corrected chi connectivity index (χ1v) is 10.0. The first kappa shape index (κ1) is 20.0. The van der Waals surface area contributed by atoms with Gasteiger partial charge in [-0.15, -0.1) is 0 Å². The summed E-state index contributed by atoms with van der Waals surface area (Å²) in [5, 5.41) is 8.81. The highest BCUT2D eigenvalue weighted by Crippen LogP contribution is 2.54. The van der Waals surface area contributed by atoms with Crippen molar-refractivity contribution in [2.45, 2.75) is 90.4 Å². The molecule has 2 aliphatic heterocycles. The Morgan fingerprint density at radius 3 is 2.50 bits per heavy atom. The lowest BCUT2D eigenvalue weighted by molar-refractivity contribution is -0.139. The number of hydrogen-bond donors (Lipinski definition) is 0. The second kappa shape index (κ2) is 8.40. The summed E-state index contributed by atoms with van der Waals surface area (Å²) in [5.41, 5.74) is -0.372. The lowest BCUT2D eigenvalue weighted by atomic mass is 9.96. The van der Waals surface area contributed by atoms with Crippen LogP contribution in [0.15, 0.2) is 0 Å². The van der Waals surface area contributed by atoms with E-state index in [0.29, 0.717) is 19.6 Å². The van der Waals surface area contributed by atoms with Gasteiger partial charge in [0.25, 0.3) is 8.53 Å². The molecule has 0 aromatic heterocycles. The van der Waals surface area contributed by atoms with Crippen LogP contribution in [0.5, 0.6) is 0 Å². The van der Waals surface area contributed by atoms with Crippen LogP contribution in [0, 0.1) is 11.3 Å². The van der Waals surface area contributed by atoms with Crippen LogP contribution in [-0.2, 0) is 18.5 Å². The average molecular weight is 358 g/mol. The summed E-state index contributed by atoms with van der Waals surface area (Å²) in [5.74, 6) is 0. The summed E-state index contributed by atoms with van der Waals surface area (Å²) in [6.07, 6.45) is 1.08. The lowest BCUT2D eigenvalue weighted by Crippen LogP contribution is -2.42. The highest BCUT2D eigenvalue weighted by molar-refractivity contribution is 7.44. The molecular weight excluding hydrogens is 327 g/mol. The molecule has 3 unspecified atom stereocenters. The quantitative estimate of drug-likeness (QED) is 0.463. The fourth-order valence-electron chi connectivity index (χ4n) is 3.56. The first-order chi connectivity index (χ1) is 11.4. The predicted octanol–water partition coefficient (Wildman–Crippen LogP) is 3.61. The van der Waals surface area contributed by atoms with Gasteiger partial charge in [-0.05, 0) is 41.0 Å². The molecule has 24 heavy (non-hydrogen) atoms. The van der Waals surface area contributed by atoms with Crippen molar-refractivity contribution in [1.29, 1.82) is 5.26 Å². The summed E-state index contributed by atoms with van der Waals surface area (Å²) in [4.78, 5) is 0. The van der Waals surface area contributed by atoms with Crippen molar-refractivity contribution in [1.82, 2.24) is 4.67 Å². The molecule has 5 atom stereocenters. The van der Waals surface area contributed by atoms with Crippen LogP contribution < -0.4 is 0 Å². The van der Waals surface area contributed by atoms with E-state index in [2.05, 4.69) is 45.4 Å². The van der Waals surface area contributed by atoms with Crippen LogP contribution in [0.1, 0.15) is 54.4 Å². The zero-order valence-corrected chi connectivity index (χ0v) is 16.6. The standard InChI is InChI=1S/C17H31N2O4P/c1-7-17-11-20-15(14(6)22-17)16(17)23-24(21-10-8-9-18)19(12(2)3)13(4)5/h12-16H,7-8,10-11H2,1-6H3/t14?,15-,16+,17?,24?/m1/s1. The first-order valence-electron chi connectivity index (χ1n) is 8.90. The van der Waals surface area contributed by atoms with Gasteiger partial charge >= 0.3 is 0 Å². The van der Waals surface area contributed by atoms with Crippen LogP contribution in [0.3, 0.4) is 0 Å². The van der Waals surface area contributed by atoms with Crippen LogP contribution in [0.25, 0.3) is 0 Å². The van der Waals surface area contributed by atoms with Gasteiger partial charge in [0.1, 0.15) is 17.8 Å². The molecule has 0 amide bonds.